The number of hydrogen-bond donors (Lipinski definition) is 1. The van der Waals surface area contributed by atoms with Gasteiger partial charge in [-0.3, -0.25) is 4.79 Å². The minimum absolute atomic E-state index is 0.233. The van der Waals surface area contributed by atoms with Crippen LogP contribution in [0.1, 0.15) is 15.2 Å². The highest BCUT2D eigenvalue weighted by Crippen LogP contribution is 2.30. The number of thiophene rings is 1. The van der Waals surface area contributed by atoms with E-state index in [0.717, 1.165) is 21.3 Å². The highest BCUT2D eigenvalue weighted by Gasteiger charge is 2.15. The Morgan fingerprint density at radius 2 is 1.79 bits per heavy atom. The third-order valence-electron chi connectivity index (χ3n) is 3.82. The van der Waals surface area contributed by atoms with Crippen molar-refractivity contribution in [1.29, 1.82) is 0 Å². The first-order valence-corrected chi connectivity index (χ1v) is 8.27. The highest BCUT2D eigenvalue weighted by molar-refractivity contribution is 7.21. The van der Waals surface area contributed by atoms with Gasteiger partial charge in [0.05, 0.1) is 15.0 Å². The van der Waals surface area contributed by atoms with Crippen molar-refractivity contribution >= 4 is 44.0 Å². The average molecular weight is 335 g/mol. The summed E-state index contributed by atoms with van der Waals surface area (Å²) in [4.78, 5) is 25.1. The second-order valence-corrected chi connectivity index (χ2v) is 6.61. The first-order chi connectivity index (χ1) is 11.6. The van der Waals surface area contributed by atoms with Crippen molar-refractivity contribution in [3.63, 3.8) is 0 Å². The van der Waals surface area contributed by atoms with Crippen LogP contribution in [0.25, 0.3) is 21.1 Å². The number of fused-ring (bicyclic) bond motifs is 3. The van der Waals surface area contributed by atoms with E-state index in [2.05, 4.69) is 5.32 Å². The quantitative estimate of drug-likeness (QED) is 0.546. The van der Waals surface area contributed by atoms with Gasteiger partial charge in [0.1, 0.15) is 5.58 Å². The zero-order valence-electron chi connectivity index (χ0n) is 12.8. The lowest BCUT2D eigenvalue weighted by Crippen LogP contribution is -2.10. The van der Waals surface area contributed by atoms with Gasteiger partial charge in [-0.15, -0.1) is 11.3 Å². The molecule has 0 spiro atoms. The van der Waals surface area contributed by atoms with Crippen LogP contribution in [0.2, 0.25) is 0 Å². The summed E-state index contributed by atoms with van der Waals surface area (Å²) in [6.07, 6.45) is 0. The summed E-state index contributed by atoms with van der Waals surface area (Å²) in [6.45, 7) is 1.99. The van der Waals surface area contributed by atoms with Crippen LogP contribution in [0.3, 0.4) is 0 Å². The Kier molecular flexibility index (Phi) is 3.43. The molecule has 0 unspecified atom stereocenters. The largest absolute Gasteiger partial charge is 0.422 e. The van der Waals surface area contributed by atoms with Crippen LogP contribution in [0, 0.1) is 6.92 Å². The Labute approximate surface area is 141 Å². The number of carbonyl (C=O) groups excluding carboxylic acids is 1. The van der Waals surface area contributed by atoms with E-state index in [9.17, 15) is 9.59 Å². The molecular formula is C19H13NO3S. The van der Waals surface area contributed by atoms with Crippen molar-refractivity contribution in [2.24, 2.45) is 0 Å². The fourth-order valence-corrected chi connectivity index (χ4v) is 3.65. The van der Waals surface area contributed by atoms with Crippen LogP contribution in [0.15, 0.2) is 63.8 Å². The van der Waals surface area contributed by atoms with E-state index in [1.54, 1.807) is 12.1 Å². The average Bonchev–Trinajstić information content (AvgIpc) is 3.03. The van der Waals surface area contributed by atoms with E-state index >= 15 is 0 Å². The van der Waals surface area contributed by atoms with Crippen LogP contribution in [0.5, 0.6) is 0 Å². The summed E-state index contributed by atoms with van der Waals surface area (Å²) in [5.41, 5.74) is 1.95. The maximum Gasteiger partial charge on any atom is 0.345 e. The van der Waals surface area contributed by atoms with Gasteiger partial charge in [0.25, 0.3) is 5.91 Å². The first kappa shape index (κ1) is 14.7. The first-order valence-electron chi connectivity index (χ1n) is 7.45. The summed E-state index contributed by atoms with van der Waals surface area (Å²) < 4.78 is 6.09. The molecule has 2 aromatic heterocycles. The van der Waals surface area contributed by atoms with Crippen molar-refractivity contribution in [2.45, 2.75) is 6.92 Å². The maximum absolute atomic E-state index is 12.5. The molecule has 0 aliphatic rings. The van der Waals surface area contributed by atoms with Crippen LogP contribution in [-0.2, 0) is 0 Å². The van der Waals surface area contributed by atoms with Gasteiger partial charge in [-0.25, -0.2) is 4.79 Å². The van der Waals surface area contributed by atoms with E-state index in [1.807, 2.05) is 49.4 Å². The number of aryl methyl sites for hydroxylation is 1. The van der Waals surface area contributed by atoms with Crippen LogP contribution in [-0.4, -0.2) is 5.91 Å². The lowest BCUT2D eigenvalue weighted by atomic mass is 10.2. The molecule has 0 bridgehead atoms. The van der Waals surface area contributed by atoms with E-state index in [4.69, 9.17) is 4.42 Å². The number of amides is 1. The molecule has 4 aromatic rings. The third-order valence-corrected chi connectivity index (χ3v) is 4.99. The molecular weight excluding hydrogens is 322 g/mol. The normalized spacial score (nSPS) is 11.0. The predicted octanol–water partition coefficient (Wildman–Crippen LogP) is 4.57. The van der Waals surface area contributed by atoms with E-state index < -0.39 is 5.63 Å². The van der Waals surface area contributed by atoms with Gasteiger partial charge in [0.15, 0.2) is 0 Å². The smallest absolute Gasteiger partial charge is 0.345 e. The fourth-order valence-electron chi connectivity index (χ4n) is 2.58. The summed E-state index contributed by atoms with van der Waals surface area (Å²) >= 11 is 1.30. The molecule has 0 saturated heterocycles. The lowest BCUT2D eigenvalue weighted by molar-refractivity contribution is 0.103. The summed E-state index contributed by atoms with van der Waals surface area (Å²) in [7, 11) is 0. The topological polar surface area (TPSA) is 59.3 Å². The predicted molar refractivity (Wildman–Crippen MR) is 97.0 cm³/mol. The zero-order chi connectivity index (χ0) is 16.7. The number of nitrogens with one attached hydrogen (secondary N) is 1. The SMILES string of the molecule is Cc1ccc(NC(=O)c2cc3c(=O)oc4ccccc4c3s2)cc1. The molecule has 4 nitrogen and oxygen atoms in total. The van der Waals surface area contributed by atoms with E-state index in [1.165, 1.54) is 11.3 Å². The number of benzene rings is 2. The Morgan fingerprint density at radius 3 is 2.58 bits per heavy atom. The molecule has 118 valence electrons. The number of hydrogen-bond acceptors (Lipinski definition) is 4. The Bertz CT molecular complexity index is 1120. The summed E-state index contributed by atoms with van der Waals surface area (Å²) in [5, 5.41) is 4.13. The Balaban J connectivity index is 1.78. The number of para-hydroxylation sites is 1. The van der Waals surface area contributed by atoms with Gasteiger partial charge < -0.3 is 9.73 Å². The lowest BCUT2D eigenvalue weighted by Gasteiger charge is -2.03. The van der Waals surface area contributed by atoms with Gasteiger partial charge in [-0.1, -0.05) is 29.8 Å². The molecule has 24 heavy (non-hydrogen) atoms. The molecule has 2 aromatic carbocycles. The van der Waals surface area contributed by atoms with Gasteiger partial charge in [-0.05, 0) is 37.3 Å². The molecule has 2 heterocycles. The maximum atomic E-state index is 12.5. The molecule has 0 aliphatic carbocycles. The molecule has 0 fully saturated rings. The van der Waals surface area contributed by atoms with Crippen molar-refractivity contribution in [3.05, 3.63) is 75.5 Å². The van der Waals surface area contributed by atoms with Gasteiger partial charge >= 0.3 is 5.63 Å². The fraction of sp³-hybridized carbons (Fsp3) is 0.0526. The van der Waals surface area contributed by atoms with Crippen molar-refractivity contribution in [3.8, 4) is 0 Å². The molecule has 1 N–H and O–H groups in total. The molecule has 4 rings (SSSR count). The third kappa shape index (κ3) is 2.49. The van der Waals surface area contributed by atoms with E-state index in [0.29, 0.717) is 15.8 Å². The molecule has 0 aliphatic heterocycles. The highest BCUT2D eigenvalue weighted by atomic mass is 32.1. The van der Waals surface area contributed by atoms with Crippen molar-refractivity contribution in [1.82, 2.24) is 0 Å². The van der Waals surface area contributed by atoms with Crippen LogP contribution < -0.4 is 10.9 Å². The molecule has 0 radical (unpaired) electrons. The number of rotatable bonds is 2. The van der Waals surface area contributed by atoms with Gasteiger partial charge in [0, 0.05) is 11.1 Å². The second-order valence-electron chi connectivity index (χ2n) is 5.56. The molecule has 5 heteroatoms. The zero-order valence-corrected chi connectivity index (χ0v) is 13.6. The number of carbonyl (C=O) groups is 1. The van der Waals surface area contributed by atoms with Crippen molar-refractivity contribution in [2.75, 3.05) is 5.32 Å². The van der Waals surface area contributed by atoms with Crippen LogP contribution >= 0.6 is 11.3 Å². The van der Waals surface area contributed by atoms with Crippen LogP contribution in [0.4, 0.5) is 5.69 Å². The van der Waals surface area contributed by atoms with Crippen molar-refractivity contribution < 1.29 is 9.21 Å². The minimum atomic E-state index is -0.422. The minimum Gasteiger partial charge on any atom is -0.422 e. The summed E-state index contributed by atoms with van der Waals surface area (Å²) in [6, 6.07) is 16.5. The standard InChI is InChI=1S/C19H13NO3S/c1-11-6-8-12(9-7-11)20-18(21)16-10-14-17(24-16)13-4-2-3-5-15(13)23-19(14)22/h2-10H,1H3,(H,20,21). The van der Waals surface area contributed by atoms with E-state index in [-0.39, 0.29) is 5.91 Å². The molecule has 1 amide bonds. The molecule has 0 atom stereocenters. The monoisotopic (exact) mass is 335 g/mol. The molecule has 0 saturated carbocycles. The summed E-state index contributed by atoms with van der Waals surface area (Å²) in [5.74, 6) is -0.233. The Morgan fingerprint density at radius 1 is 1.04 bits per heavy atom. The second kappa shape index (κ2) is 5.62. The Hall–Kier alpha value is -2.92. The number of anilines is 1. The van der Waals surface area contributed by atoms with Gasteiger partial charge in [-0.2, -0.15) is 0 Å². The van der Waals surface area contributed by atoms with Gasteiger partial charge in [0.2, 0.25) is 0 Å².